The molecule has 0 spiro atoms. The molecule has 0 aliphatic carbocycles. The molecule has 3 aromatic rings. The van der Waals surface area contributed by atoms with Crippen molar-refractivity contribution in [3.05, 3.63) is 88.9 Å². The van der Waals surface area contributed by atoms with Crippen LogP contribution in [0.25, 0.3) is 0 Å². The second kappa shape index (κ2) is 9.64. The molecule has 5 rings (SSSR count). The lowest BCUT2D eigenvalue weighted by Crippen LogP contribution is -2.68. The summed E-state index contributed by atoms with van der Waals surface area (Å²) < 4.78 is 7.42. The minimum Gasteiger partial charge on any atom is -0.402 e. The Kier molecular flexibility index (Phi) is 6.65. The van der Waals surface area contributed by atoms with Gasteiger partial charge in [0.25, 0.3) is 8.32 Å². The molecule has 2 atom stereocenters. The molecular formula is C30H32ClN3O2Si. The molecule has 0 N–H and O–H groups in total. The van der Waals surface area contributed by atoms with Gasteiger partial charge in [-0.1, -0.05) is 93.0 Å². The van der Waals surface area contributed by atoms with Crippen molar-refractivity contribution in [2.24, 2.45) is 0 Å². The SMILES string of the molecule is Cc1c(N2C[C@@H]3[C@@H](O[Si](c4ccccc4)(c4ccccc4)C(C)(C)C)CCN3C2=O)ccc(C#N)c1Cl. The first kappa shape index (κ1) is 25.5. The van der Waals surface area contributed by atoms with Crippen LogP contribution in [-0.4, -0.2) is 44.5 Å². The van der Waals surface area contributed by atoms with E-state index >= 15 is 0 Å². The average molecular weight is 530 g/mol. The number of benzene rings is 3. The van der Waals surface area contributed by atoms with Crippen molar-refractivity contribution in [3.63, 3.8) is 0 Å². The van der Waals surface area contributed by atoms with Crippen LogP contribution in [0.15, 0.2) is 72.8 Å². The van der Waals surface area contributed by atoms with Crippen molar-refractivity contribution >= 4 is 42.0 Å². The van der Waals surface area contributed by atoms with Crippen molar-refractivity contribution in [2.45, 2.75) is 51.3 Å². The molecule has 0 aromatic heterocycles. The molecule has 0 bridgehead atoms. The van der Waals surface area contributed by atoms with E-state index in [0.29, 0.717) is 23.7 Å². The summed E-state index contributed by atoms with van der Waals surface area (Å²) in [6, 6.07) is 26.8. The molecule has 0 saturated carbocycles. The molecule has 2 aliphatic heterocycles. The Labute approximate surface area is 225 Å². The summed E-state index contributed by atoms with van der Waals surface area (Å²) >= 11 is 6.45. The number of urea groups is 1. The third-order valence-corrected chi connectivity index (χ3v) is 13.4. The molecule has 2 heterocycles. The van der Waals surface area contributed by atoms with Crippen molar-refractivity contribution in [2.75, 3.05) is 18.0 Å². The summed E-state index contributed by atoms with van der Waals surface area (Å²) in [5.41, 5.74) is 1.93. The predicted octanol–water partition coefficient (Wildman–Crippen LogP) is 5.48. The zero-order chi connectivity index (χ0) is 26.4. The van der Waals surface area contributed by atoms with Gasteiger partial charge in [0, 0.05) is 12.2 Å². The standard InChI is InChI=1S/C30H32ClN3O2Si/c1-21-25(16-15-22(19-32)28(21)31)34-20-26-27(17-18-33(26)29(34)35)36-37(30(2,3)4,23-11-7-5-8-12-23)24-13-9-6-10-14-24/h5-16,26-27H,17-18,20H2,1-4H3/t26-,27+/m1/s1. The number of amides is 2. The van der Waals surface area contributed by atoms with E-state index in [1.165, 1.54) is 10.4 Å². The highest BCUT2D eigenvalue weighted by Gasteiger charge is 2.55. The van der Waals surface area contributed by atoms with Crippen LogP contribution in [0.4, 0.5) is 10.5 Å². The second-order valence-corrected chi connectivity index (χ2v) is 15.6. The fourth-order valence-corrected chi connectivity index (χ4v) is 11.0. The third kappa shape index (κ3) is 4.16. The first-order valence-corrected chi connectivity index (χ1v) is 15.0. The molecule has 190 valence electrons. The first-order valence-electron chi connectivity index (χ1n) is 12.7. The van der Waals surface area contributed by atoms with Crippen LogP contribution in [0.1, 0.15) is 38.3 Å². The van der Waals surface area contributed by atoms with Gasteiger partial charge >= 0.3 is 6.03 Å². The van der Waals surface area contributed by atoms with Crippen LogP contribution in [0.3, 0.4) is 0 Å². The fraction of sp³-hybridized carbons (Fsp3) is 0.333. The van der Waals surface area contributed by atoms with Crippen LogP contribution in [-0.2, 0) is 4.43 Å². The number of carbonyl (C=O) groups excluding carboxylic acids is 1. The molecular weight excluding hydrogens is 498 g/mol. The predicted molar refractivity (Wildman–Crippen MR) is 151 cm³/mol. The molecule has 2 aliphatic rings. The molecule has 2 saturated heterocycles. The van der Waals surface area contributed by atoms with Gasteiger partial charge in [0.2, 0.25) is 0 Å². The molecule has 5 nitrogen and oxygen atoms in total. The Morgan fingerprint density at radius 3 is 2.14 bits per heavy atom. The van der Waals surface area contributed by atoms with Crippen LogP contribution in [0.5, 0.6) is 0 Å². The van der Waals surface area contributed by atoms with Gasteiger partial charge in [-0.2, -0.15) is 5.26 Å². The van der Waals surface area contributed by atoms with E-state index in [1.807, 2.05) is 30.0 Å². The molecule has 37 heavy (non-hydrogen) atoms. The Morgan fingerprint density at radius 2 is 1.59 bits per heavy atom. The van der Waals surface area contributed by atoms with E-state index in [2.05, 4.69) is 75.4 Å². The van der Waals surface area contributed by atoms with E-state index in [1.54, 1.807) is 11.0 Å². The summed E-state index contributed by atoms with van der Waals surface area (Å²) in [6.07, 6.45) is 0.719. The van der Waals surface area contributed by atoms with E-state index in [-0.39, 0.29) is 23.2 Å². The summed E-state index contributed by atoms with van der Waals surface area (Å²) in [7, 11) is -2.74. The van der Waals surface area contributed by atoms with Gasteiger partial charge in [0.05, 0.1) is 29.3 Å². The number of anilines is 1. The number of hydrogen-bond acceptors (Lipinski definition) is 3. The maximum Gasteiger partial charge on any atom is 0.324 e. The number of rotatable bonds is 5. The molecule has 0 unspecified atom stereocenters. The zero-order valence-electron chi connectivity index (χ0n) is 21.7. The second-order valence-electron chi connectivity index (χ2n) is 10.9. The van der Waals surface area contributed by atoms with Crippen molar-refractivity contribution in [1.29, 1.82) is 5.26 Å². The van der Waals surface area contributed by atoms with E-state index in [4.69, 9.17) is 16.0 Å². The van der Waals surface area contributed by atoms with Gasteiger partial charge in [0.1, 0.15) is 6.07 Å². The van der Waals surface area contributed by atoms with Gasteiger partial charge in [-0.15, -0.1) is 0 Å². The van der Waals surface area contributed by atoms with Crippen molar-refractivity contribution in [3.8, 4) is 6.07 Å². The number of hydrogen-bond donors (Lipinski definition) is 0. The highest BCUT2D eigenvalue weighted by molar-refractivity contribution is 6.99. The van der Waals surface area contributed by atoms with Gasteiger partial charge < -0.3 is 9.33 Å². The lowest BCUT2D eigenvalue weighted by Gasteiger charge is -2.45. The normalized spacial score (nSPS) is 19.7. The minimum absolute atomic E-state index is 0.0255. The van der Waals surface area contributed by atoms with E-state index in [9.17, 15) is 10.1 Å². The third-order valence-electron chi connectivity index (χ3n) is 7.84. The quantitative estimate of drug-likeness (QED) is 0.411. The van der Waals surface area contributed by atoms with Gasteiger partial charge in [-0.25, -0.2) is 4.79 Å². The maximum absolute atomic E-state index is 13.6. The molecule has 7 heteroatoms. The largest absolute Gasteiger partial charge is 0.402 e. The Morgan fingerprint density at radius 1 is 1.00 bits per heavy atom. The number of carbonyl (C=O) groups is 1. The van der Waals surface area contributed by atoms with E-state index in [0.717, 1.165) is 17.7 Å². The van der Waals surface area contributed by atoms with Crippen molar-refractivity contribution < 1.29 is 9.22 Å². The van der Waals surface area contributed by atoms with Gasteiger partial charge in [0.15, 0.2) is 0 Å². The summed E-state index contributed by atoms with van der Waals surface area (Å²) in [5, 5.41) is 12.1. The number of nitriles is 1. The first-order chi connectivity index (χ1) is 17.7. The molecule has 2 amide bonds. The van der Waals surface area contributed by atoms with Crippen LogP contribution >= 0.6 is 11.6 Å². The lowest BCUT2D eigenvalue weighted by atomic mass is 10.1. The minimum atomic E-state index is -2.74. The Balaban J connectivity index is 1.53. The Bertz CT molecular complexity index is 1310. The molecule has 0 radical (unpaired) electrons. The smallest absolute Gasteiger partial charge is 0.324 e. The lowest BCUT2D eigenvalue weighted by molar-refractivity contribution is 0.155. The van der Waals surface area contributed by atoms with Crippen LogP contribution in [0.2, 0.25) is 10.1 Å². The highest BCUT2D eigenvalue weighted by atomic mass is 35.5. The number of halogens is 1. The summed E-state index contributed by atoms with van der Waals surface area (Å²) in [4.78, 5) is 17.3. The topological polar surface area (TPSA) is 56.6 Å². The van der Waals surface area contributed by atoms with Crippen LogP contribution < -0.4 is 15.3 Å². The summed E-state index contributed by atoms with van der Waals surface area (Å²) in [6.45, 7) is 9.89. The van der Waals surface area contributed by atoms with E-state index < -0.39 is 8.32 Å². The monoisotopic (exact) mass is 529 g/mol. The zero-order valence-corrected chi connectivity index (χ0v) is 23.5. The number of nitrogens with zero attached hydrogens (tertiary/aromatic N) is 3. The maximum atomic E-state index is 13.6. The summed E-state index contributed by atoms with van der Waals surface area (Å²) in [5.74, 6) is 0. The Hall–Kier alpha value is -3.11. The van der Waals surface area contributed by atoms with Crippen molar-refractivity contribution in [1.82, 2.24) is 4.90 Å². The fourth-order valence-electron chi connectivity index (χ4n) is 6.01. The number of fused-ring (bicyclic) bond motifs is 1. The highest BCUT2D eigenvalue weighted by Crippen LogP contribution is 2.42. The average Bonchev–Trinajstić information content (AvgIpc) is 3.44. The van der Waals surface area contributed by atoms with Gasteiger partial charge in [-0.3, -0.25) is 4.90 Å². The van der Waals surface area contributed by atoms with Crippen LogP contribution in [0, 0.1) is 18.3 Å². The molecule has 2 fully saturated rings. The van der Waals surface area contributed by atoms with Gasteiger partial charge in [-0.05, 0) is 46.5 Å². The molecule has 3 aromatic carbocycles.